The van der Waals surface area contributed by atoms with E-state index < -0.39 is 79.8 Å². The Kier molecular flexibility index (Phi) is 8.54. The molecule has 228 valence electrons. The van der Waals surface area contributed by atoms with Gasteiger partial charge in [0.05, 0.1) is 19.3 Å². The molecule has 0 N–H and O–H groups in total. The van der Waals surface area contributed by atoms with Crippen LogP contribution in [0.25, 0.3) is 0 Å². The van der Waals surface area contributed by atoms with Gasteiger partial charge < -0.3 is 9.31 Å². The third-order valence-electron chi connectivity index (χ3n) is 7.08. The molecule has 40 heavy (non-hydrogen) atoms. The fraction of sp³-hybridized carbons (Fsp3) is 0.652. The average Bonchev–Trinajstić information content (AvgIpc) is 2.99. The van der Waals surface area contributed by atoms with Crippen LogP contribution in [0.15, 0.2) is 41.9 Å². The molecule has 0 bridgehead atoms. The van der Waals surface area contributed by atoms with Crippen LogP contribution in [0, 0.1) is 0 Å². The van der Waals surface area contributed by atoms with E-state index >= 15 is 0 Å². The van der Waals surface area contributed by atoms with E-state index in [1.807, 2.05) is 0 Å². The number of rotatable bonds is 9. The first-order chi connectivity index (χ1) is 17.5. The van der Waals surface area contributed by atoms with E-state index in [1.54, 1.807) is 43.4 Å². The van der Waals surface area contributed by atoms with Gasteiger partial charge in [-0.15, -0.1) is 0 Å². The van der Waals surface area contributed by atoms with E-state index in [0.29, 0.717) is 5.19 Å². The predicted octanol–water partition coefficient (Wildman–Crippen LogP) is 7.90. The average molecular weight is 620 g/mol. The van der Waals surface area contributed by atoms with Crippen LogP contribution in [-0.2, 0) is 9.31 Å². The van der Waals surface area contributed by atoms with Gasteiger partial charge in [0.1, 0.15) is 0 Å². The fourth-order valence-electron chi connectivity index (χ4n) is 3.80. The Morgan fingerprint density at radius 3 is 1.50 bits per heavy atom. The van der Waals surface area contributed by atoms with Crippen molar-refractivity contribution in [3.8, 4) is 0 Å². The van der Waals surface area contributed by atoms with Crippen molar-refractivity contribution < 1.29 is 66.4 Å². The van der Waals surface area contributed by atoms with Gasteiger partial charge in [-0.1, -0.05) is 48.6 Å². The van der Waals surface area contributed by atoms with Crippen LogP contribution in [0.1, 0.15) is 27.7 Å². The van der Waals surface area contributed by atoms with Gasteiger partial charge in [0.15, 0.2) is 0 Å². The van der Waals surface area contributed by atoms with Crippen LogP contribution in [0.3, 0.4) is 0 Å². The lowest BCUT2D eigenvalue weighted by molar-refractivity contribution is -0.436. The lowest BCUT2D eigenvalue weighted by Gasteiger charge is -2.39. The lowest BCUT2D eigenvalue weighted by Crippen LogP contribution is -2.69. The van der Waals surface area contributed by atoms with Crippen LogP contribution < -0.4 is 5.19 Å². The maximum Gasteiger partial charge on any atom is 0.490 e. The highest BCUT2D eigenvalue weighted by atomic mass is 28.3. The molecular formula is C23H26BF13O2Si. The molecule has 0 amide bonds. The van der Waals surface area contributed by atoms with Crippen molar-refractivity contribution in [2.75, 3.05) is 0 Å². The second-order valence-corrected chi connectivity index (χ2v) is 15.9. The number of halogens is 13. The van der Waals surface area contributed by atoms with Gasteiger partial charge in [0.25, 0.3) is 0 Å². The SMILES string of the molecule is CC1(C)OB(/C(=C\C(F)(F)C(F)(F)C(F)(F)C(F)(F)C(F)(F)C(F)(F)F)C[Si](C)(C)c2ccccc2)OC1(C)C. The van der Waals surface area contributed by atoms with E-state index in [-0.39, 0.29) is 0 Å². The van der Waals surface area contributed by atoms with Gasteiger partial charge in [-0.3, -0.25) is 0 Å². The summed E-state index contributed by atoms with van der Waals surface area (Å²) in [5.41, 5.74) is -3.50. The molecular weight excluding hydrogens is 594 g/mol. The summed E-state index contributed by atoms with van der Waals surface area (Å²) >= 11 is 0. The van der Waals surface area contributed by atoms with Crippen molar-refractivity contribution >= 4 is 20.4 Å². The number of allylic oxidation sites excluding steroid dienone is 2. The van der Waals surface area contributed by atoms with E-state index in [0.717, 1.165) is 0 Å². The molecule has 1 aliphatic heterocycles. The fourth-order valence-corrected chi connectivity index (χ4v) is 6.39. The molecule has 1 heterocycles. The Morgan fingerprint density at radius 2 is 1.10 bits per heavy atom. The highest BCUT2D eigenvalue weighted by molar-refractivity contribution is 6.91. The van der Waals surface area contributed by atoms with E-state index in [4.69, 9.17) is 9.31 Å². The molecule has 1 fully saturated rings. The maximum absolute atomic E-state index is 14.9. The Morgan fingerprint density at radius 1 is 0.700 bits per heavy atom. The highest BCUT2D eigenvalue weighted by Crippen LogP contribution is 2.60. The summed E-state index contributed by atoms with van der Waals surface area (Å²) in [6.45, 7) is 8.81. The first kappa shape index (κ1) is 34.5. The Hall–Kier alpha value is -1.75. The molecule has 2 rings (SSSR count). The van der Waals surface area contributed by atoms with Gasteiger partial charge in [-0.05, 0) is 45.3 Å². The molecule has 2 nitrogen and oxygen atoms in total. The minimum absolute atomic E-state index is 0.550. The molecule has 0 aromatic heterocycles. The quantitative estimate of drug-likeness (QED) is 0.207. The van der Waals surface area contributed by atoms with Crippen LogP contribution in [-0.4, -0.2) is 62.2 Å². The van der Waals surface area contributed by atoms with Crippen LogP contribution in [0.5, 0.6) is 0 Å². The van der Waals surface area contributed by atoms with Crippen molar-refractivity contribution in [3.05, 3.63) is 41.9 Å². The van der Waals surface area contributed by atoms with Crippen molar-refractivity contribution in [3.63, 3.8) is 0 Å². The monoisotopic (exact) mass is 620 g/mol. The summed E-state index contributed by atoms with van der Waals surface area (Å²) in [6, 6.07) is 7.29. The maximum atomic E-state index is 14.9. The van der Waals surface area contributed by atoms with Crippen LogP contribution >= 0.6 is 0 Å². The van der Waals surface area contributed by atoms with Crippen molar-refractivity contribution in [1.29, 1.82) is 0 Å². The summed E-state index contributed by atoms with van der Waals surface area (Å²) in [6.07, 6.45) is -8.33. The third-order valence-corrected chi connectivity index (χ3v) is 10.3. The minimum atomic E-state index is -7.97. The van der Waals surface area contributed by atoms with Crippen molar-refractivity contribution in [1.82, 2.24) is 0 Å². The molecule has 1 saturated heterocycles. The molecule has 0 aliphatic carbocycles. The molecule has 17 heteroatoms. The first-order valence-corrected chi connectivity index (χ1v) is 14.8. The zero-order valence-electron chi connectivity index (χ0n) is 22.0. The summed E-state index contributed by atoms with van der Waals surface area (Å²) in [4.78, 5) is 0. The molecule has 1 aromatic carbocycles. The molecule has 1 aliphatic rings. The van der Waals surface area contributed by atoms with E-state index in [2.05, 4.69) is 0 Å². The molecule has 0 unspecified atom stereocenters. The number of hydrogen-bond acceptors (Lipinski definition) is 2. The number of alkyl halides is 13. The number of benzene rings is 1. The van der Waals surface area contributed by atoms with Gasteiger partial charge in [0.2, 0.25) is 0 Å². The van der Waals surface area contributed by atoms with Gasteiger partial charge in [-0.25, -0.2) is 0 Å². The second-order valence-electron chi connectivity index (χ2n) is 11.2. The lowest BCUT2D eigenvalue weighted by atomic mass is 9.77. The van der Waals surface area contributed by atoms with Crippen molar-refractivity contribution in [2.24, 2.45) is 0 Å². The first-order valence-electron chi connectivity index (χ1n) is 11.6. The molecule has 0 atom stereocenters. The highest BCUT2D eigenvalue weighted by Gasteiger charge is 2.90. The Bertz CT molecular complexity index is 1080. The summed E-state index contributed by atoms with van der Waals surface area (Å²) in [5.74, 6) is -37.5. The van der Waals surface area contributed by atoms with Crippen LogP contribution in [0.2, 0.25) is 19.1 Å². The second kappa shape index (κ2) is 9.92. The van der Waals surface area contributed by atoms with Gasteiger partial charge in [-0.2, -0.15) is 57.1 Å². The smallest absolute Gasteiger partial charge is 0.400 e. The van der Waals surface area contributed by atoms with E-state index in [1.165, 1.54) is 27.7 Å². The Labute approximate surface area is 223 Å². The minimum Gasteiger partial charge on any atom is -0.400 e. The summed E-state index contributed by atoms with van der Waals surface area (Å²) < 4.78 is 189. The zero-order chi connectivity index (χ0) is 31.6. The third kappa shape index (κ3) is 5.53. The normalized spacial score (nSPS) is 19.8. The van der Waals surface area contributed by atoms with Gasteiger partial charge >= 0.3 is 42.9 Å². The molecule has 0 saturated carbocycles. The largest absolute Gasteiger partial charge is 0.490 e. The molecule has 0 spiro atoms. The van der Waals surface area contributed by atoms with Crippen molar-refractivity contribution in [2.45, 2.75) is 93.8 Å². The summed E-state index contributed by atoms with van der Waals surface area (Å²) in [7, 11) is -4.92. The Balaban J connectivity index is 2.70. The van der Waals surface area contributed by atoms with E-state index in [9.17, 15) is 57.1 Å². The zero-order valence-corrected chi connectivity index (χ0v) is 23.0. The topological polar surface area (TPSA) is 18.5 Å². The molecule has 0 radical (unpaired) electrons. The van der Waals surface area contributed by atoms with Gasteiger partial charge in [0, 0.05) is 0 Å². The predicted molar refractivity (Wildman–Crippen MR) is 123 cm³/mol. The molecule has 1 aromatic rings. The summed E-state index contributed by atoms with van der Waals surface area (Å²) in [5, 5.41) is 0.550. The number of hydrogen-bond donors (Lipinski definition) is 0. The van der Waals surface area contributed by atoms with Crippen LogP contribution in [0.4, 0.5) is 57.1 Å². The standard InChI is InChI=1S/C23H26BF13O2Si/c1-16(2)17(3,4)39-24(38-16)14(13-40(5,6)15-10-8-7-9-11-15)12-18(25,26)19(27,28)20(29,30)21(31,32)22(33,34)23(35,36)37/h7-12H,13H2,1-6H3/b14-12-.